The summed E-state index contributed by atoms with van der Waals surface area (Å²) in [6.45, 7) is 7.61. The number of carbonyl (C=O) groups is 1. The third-order valence-corrected chi connectivity index (χ3v) is 4.31. The maximum absolute atomic E-state index is 11.9. The number of rotatable bonds is 8. The van der Waals surface area contributed by atoms with Gasteiger partial charge in [0.25, 0.3) is 0 Å². The number of benzene rings is 2. The Balaban J connectivity index is 1.67. The van der Waals surface area contributed by atoms with Gasteiger partial charge < -0.3 is 20.1 Å². The van der Waals surface area contributed by atoms with Crippen LogP contribution in [0.4, 0.5) is 4.79 Å². The number of urea groups is 1. The van der Waals surface area contributed by atoms with Crippen molar-refractivity contribution in [2.45, 2.75) is 27.2 Å². The van der Waals surface area contributed by atoms with Gasteiger partial charge in [-0.05, 0) is 61.6 Å². The van der Waals surface area contributed by atoms with E-state index in [1.54, 1.807) is 7.11 Å². The fraction of sp³-hybridized carbons (Fsp3) is 0.381. The lowest BCUT2D eigenvalue weighted by atomic mass is 10.1. The predicted molar refractivity (Wildman–Crippen MR) is 104 cm³/mol. The summed E-state index contributed by atoms with van der Waals surface area (Å²) in [5.41, 5.74) is 4.63. The van der Waals surface area contributed by atoms with Gasteiger partial charge in [-0.1, -0.05) is 24.3 Å². The number of hydrogen-bond acceptors (Lipinski definition) is 3. The van der Waals surface area contributed by atoms with Crippen LogP contribution in [0.3, 0.4) is 0 Å². The van der Waals surface area contributed by atoms with Crippen LogP contribution in [0.5, 0.6) is 11.5 Å². The van der Waals surface area contributed by atoms with E-state index in [4.69, 9.17) is 9.47 Å². The molecule has 2 aromatic rings. The fourth-order valence-electron chi connectivity index (χ4n) is 2.70. The average Bonchev–Trinajstić information content (AvgIpc) is 2.63. The molecule has 5 heteroatoms. The second kappa shape index (κ2) is 9.70. The molecular weight excluding hydrogens is 328 g/mol. The van der Waals surface area contributed by atoms with Crippen molar-refractivity contribution in [3.63, 3.8) is 0 Å². The third kappa shape index (κ3) is 5.69. The van der Waals surface area contributed by atoms with Crippen molar-refractivity contribution in [1.29, 1.82) is 0 Å². The SMILES string of the molecule is COc1ccccc1CCNC(=O)NCCOc1cc(C)c(C)cc1C. The van der Waals surface area contributed by atoms with E-state index in [1.165, 1.54) is 11.1 Å². The number of carbonyl (C=O) groups excluding carboxylic acids is 1. The number of ether oxygens (including phenoxy) is 2. The van der Waals surface area contributed by atoms with E-state index < -0.39 is 0 Å². The van der Waals surface area contributed by atoms with E-state index in [0.717, 1.165) is 29.0 Å². The Morgan fingerprint density at radius 2 is 1.62 bits per heavy atom. The summed E-state index contributed by atoms with van der Waals surface area (Å²) in [7, 11) is 1.65. The summed E-state index contributed by atoms with van der Waals surface area (Å²) in [4.78, 5) is 11.9. The highest BCUT2D eigenvalue weighted by Gasteiger charge is 2.05. The Labute approximate surface area is 155 Å². The minimum absolute atomic E-state index is 0.194. The number of amides is 2. The molecule has 0 aromatic heterocycles. The van der Waals surface area contributed by atoms with Crippen molar-refractivity contribution in [1.82, 2.24) is 10.6 Å². The molecule has 5 nitrogen and oxygen atoms in total. The molecule has 0 heterocycles. The van der Waals surface area contributed by atoms with Gasteiger partial charge in [-0.3, -0.25) is 0 Å². The van der Waals surface area contributed by atoms with Crippen LogP contribution in [0.25, 0.3) is 0 Å². The summed E-state index contributed by atoms with van der Waals surface area (Å²) in [6.07, 6.45) is 0.718. The van der Waals surface area contributed by atoms with Crippen molar-refractivity contribution in [3.8, 4) is 11.5 Å². The van der Waals surface area contributed by atoms with Crippen LogP contribution in [0.1, 0.15) is 22.3 Å². The summed E-state index contributed by atoms with van der Waals surface area (Å²) in [5, 5.41) is 5.65. The molecule has 0 bridgehead atoms. The number of hydrogen-bond donors (Lipinski definition) is 2. The van der Waals surface area contributed by atoms with Crippen LogP contribution >= 0.6 is 0 Å². The highest BCUT2D eigenvalue weighted by Crippen LogP contribution is 2.22. The van der Waals surface area contributed by atoms with Crippen molar-refractivity contribution in [2.75, 3.05) is 26.8 Å². The van der Waals surface area contributed by atoms with Crippen molar-refractivity contribution < 1.29 is 14.3 Å². The summed E-state index contributed by atoms with van der Waals surface area (Å²) in [6, 6.07) is 11.8. The van der Waals surface area contributed by atoms with E-state index in [-0.39, 0.29) is 6.03 Å². The molecule has 0 unspecified atom stereocenters. The third-order valence-electron chi connectivity index (χ3n) is 4.31. The molecular formula is C21H28N2O3. The Kier molecular flexibility index (Phi) is 7.33. The van der Waals surface area contributed by atoms with E-state index in [0.29, 0.717) is 19.7 Å². The van der Waals surface area contributed by atoms with Crippen molar-refractivity contribution >= 4 is 6.03 Å². The molecule has 0 aliphatic heterocycles. The molecule has 0 fully saturated rings. The lowest BCUT2D eigenvalue weighted by Gasteiger charge is -2.13. The largest absolute Gasteiger partial charge is 0.496 e. The number of methoxy groups -OCH3 is 1. The molecule has 0 radical (unpaired) electrons. The maximum atomic E-state index is 11.9. The molecule has 26 heavy (non-hydrogen) atoms. The van der Waals surface area contributed by atoms with Gasteiger partial charge in [-0.15, -0.1) is 0 Å². The number of para-hydroxylation sites is 1. The Hall–Kier alpha value is -2.69. The molecule has 140 valence electrons. The number of aryl methyl sites for hydroxylation is 3. The maximum Gasteiger partial charge on any atom is 0.314 e. The minimum Gasteiger partial charge on any atom is -0.496 e. The van der Waals surface area contributed by atoms with Gasteiger partial charge in [0.2, 0.25) is 0 Å². The van der Waals surface area contributed by atoms with Gasteiger partial charge >= 0.3 is 6.03 Å². The van der Waals surface area contributed by atoms with E-state index in [1.807, 2.05) is 37.3 Å². The first-order chi connectivity index (χ1) is 12.5. The van der Waals surface area contributed by atoms with Crippen molar-refractivity contribution in [2.24, 2.45) is 0 Å². The van der Waals surface area contributed by atoms with Crippen LogP contribution in [0.2, 0.25) is 0 Å². The zero-order valence-corrected chi connectivity index (χ0v) is 16.0. The molecule has 0 atom stereocenters. The first-order valence-electron chi connectivity index (χ1n) is 8.85. The number of nitrogens with one attached hydrogen (secondary N) is 2. The standard InChI is InChI=1S/C21H28N2O3/c1-15-13-17(3)20(14-16(15)2)26-12-11-23-21(24)22-10-9-18-7-5-6-8-19(18)25-4/h5-8,13-14H,9-12H2,1-4H3,(H2,22,23,24). The lowest BCUT2D eigenvalue weighted by molar-refractivity contribution is 0.236. The topological polar surface area (TPSA) is 59.6 Å². The molecule has 0 aliphatic carbocycles. The lowest BCUT2D eigenvalue weighted by Crippen LogP contribution is -2.38. The summed E-state index contributed by atoms with van der Waals surface area (Å²) in [5.74, 6) is 1.71. The van der Waals surface area contributed by atoms with E-state index in [2.05, 4.69) is 30.5 Å². The first-order valence-corrected chi connectivity index (χ1v) is 8.85. The van der Waals surface area contributed by atoms with Crippen LogP contribution in [0, 0.1) is 20.8 Å². The van der Waals surface area contributed by atoms with Gasteiger partial charge in [-0.2, -0.15) is 0 Å². The molecule has 2 amide bonds. The zero-order chi connectivity index (χ0) is 18.9. The summed E-state index contributed by atoms with van der Waals surface area (Å²) < 4.78 is 11.1. The summed E-state index contributed by atoms with van der Waals surface area (Å²) >= 11 is 0. The van der Waals surface area contributed by atoms with Gasteiger partial charge in [-0.25, -0.2) is 4.79 Å². The highest BCUT2D eigenvalue weighted by atomic mass is 16.5. The van der Waals surface area contributed by atoms with Crippen LogP contribution in [-0.4, -0.2) is 32.8 Å². The van der Waals surface area contributed by atoms with Crippen LogP contribution in [0.15, 0.2) is 36.4 Å². The Morgan fingerprint density at radius 3 is 2.38 bits per heavy atom. The Morgan fingerprint density at radius 1 is 0.923 bits per heavy atom. The molecule has 0 saturated heterocycles. The zero-order valence-electron chi connectivity index (χ0n) is 16.0. The minimum atomic E-state index is -0.194. The van der Waals surface area contributed by atoms with Gasteiger partial charge in [0, 0.05) is 6.54 Å². The quantitative estimate of drug-likeness (QED) is 0.711. The molecule has 2 N–H and O–H groups in total. The second-order valence-corrected chi connectivity index (χ2v) is 6.29. The van der Waals surface area contributed by atoms with Crippen LogP contribution in [-0.2, 0) is 6.42 Å². The molecule has 0 aliphatic rings. The van der Waals surface area contributed by atoms with Gasteiger partial charge in [0.1, 0.15) is 18.1 Å². The van der Waals surface area contributed by atoms with Crippen LogP contribution < -0.4 is 20.1 Å². The van der Waals surface area contributed by atoms with E-state index >= 15 is 0 Å². The van der Waals surface area contributed by atoms with Crippen molar-refractivity contribution in [3.05, 3.63) is 58.7 Å². The molecule has 0 spiro atoms. The fourth-order valence-corrected chi connectivity index (χ4v) is 2.70. The predicted octanol–water partition coefficient (Wildman–Crippen LogP) is 3.54. The van der Waals surface area contributed by atoms with Gasteiger partial charge in [0.05, 0.1) is 13.7 Å². The van der Waals surface area contributed by atoms with E-state index in [9.17, 15) is 4.79 Å². The molecule has 2 rings (SSSR count). The smallest absolute Gasteiger partial charge is 0.314 e. The monoisotopic (exact) mass is 356 g/mol. The molecule has 2 aromatic carbocycles. The normalized spacial score (nSPS) is 10.3. The molecule has 0 saturated carbocycles. The highest BCUT2D eigenvalue weighted by molar-refractivity contribution is 5.73. The Bertz CT molecular complexity index is 744. The average molecular weight is 356 g/mol. The first kappa shape index (κ1) is 19.6. The van der Waals surface area contributed by atoms with Gasteiger partial charge in [0.15, 0.2) is 0 Å². The second-order valence-electron chi connectivity index (χ2n) is 6.29.